The van der Waals surface area contributed by atoms with E-state index < -0.39 is 5.41 Å². The van der Waals surface area contributed by atoms with Crippen molar-refractivity contribution >= 4 is 50.7 Å². The van der Waals surface area contributed by atoms with Gasteiger partial charge < -0.3 is 9.80 Å². The van der Waals surface area contributed by atoms with Crippen LogP contribution in [0, 0.1) is 5.41 Å². The molecule has 0 spiro atoms. The summed E-state index contributed by atoms with van der Waals surface area (Å²) < 4.78 is 1.03. The zero-order chi connectivity index (χ0) is 19.8. The van der Waals surface area contributed by atoms with Gasteiger partial charge in [-0.1, -0.05) is 72.0 Å². The van der Waals surface area contributed by atoms with Gasteiger partial charge in [-0.3, -0.25) is 4.79 Å². The molecule has 3 nitrogen and oxygen atoms in total. The van der Waals surface area contributed by atoms with Crippen LogP contribution in [0.4, 0.5) is 5.69 Å². The molecule has 1 aliphatic rings. The van der Waals surface area contributed by atoms with E-state index in [1.54, 1.807) is 6.07 Å². The summed E-state index contributed by atoms with van der Waals surface area (Å²) in [6.07, 6.45) is 0. The Morgan fingerprint density at radius 1 is 1.07 bits per heavy atom. The molecule has 0 saturated carbocycles. The van der Waals surface area contributed by atoms with Crippen molar-refractivity contribution in [2.45, 2.75) is 26.8 Å². The molecule has 6 heteroatoms. The standard InChI is InChI=1S/C21H23BrCl2N2O/c1-21(2,3)20(27)25-10-11-26(18-9-8-16(23)12-17(18)24)19(13-25)14-4-6-15(22)7-5-14/h4-9,12,19H,10-11,13H2,1-3H3. The van der Waals surface area contributed by atoms with Gasteiger partial charge in [-0.05, 0) is 35.9 Å². The maximum Gasteiger partial charge on any atom is 0.228 e. The topological polar surface area (TPSA) is 23.6 Å². The van der Waals surface area contributed by atoms with Gasteiger partial charge in [0.05, 0.1) is 16.8 Å². The molecule has 1 heterocycles. The first-order valence-corrected chi connectivity index (χ1v) is 10.5. The molecule has 1 aliphatic heterocycles. The van der Waals surface area contributed by atoms with E-state index in [9.17, 15) is 4.79 Å². The van der Waals surface area contributed by atoms with Gasteiger partial charge in [0.2, 0.25) is 5.91 Å². The summed E-state index contributed by atoms with van der Waals surface area (Å²) in [7, 11) is 0. The molecule has 1 unspecified atom stereocenters. The Hall–Kier alpha value is -1.23. The van der Waals surface area contributed by atoms with E-state index in [4.69, 9.17) is 23.2 Å². The highest BCUT2D eigenvalue weighted by Crippen LogP contribution is 2.37. The third kappa shape index (κ3) is 4.61. The maximum atomic E-state index is 12.9. The van der Waals surface area contributed by atoms with Gasteiger partial charge in [0.1, 0.15) is 0 Å². The number of carbonyl (C=O) groups is 1. The second-order valence-electron chi connectivity index (χ2n) is 7.86. The Morgan fingerprint density at radius 3 is 2.33 bits per heavy atom. The molecule has 2 aromatic carbocycles. The molecule has 1 fully saturated rings. The van der Waals surface area contributed by atoms with Crippen LogP contribution in [0.15, 0.2) is 46.9 Å². The van der Waals surface area contributed by atoms with Crippen LogP contribution in [0.3, 0.4) is 0 Å². The first kappa shape index (κ1) is 20.5. The lowest BCUT2D eigenvalue weighted by Gasteiger charge is -2.45. The molecule has 1 amide bonds. The SMILES string of the molecule is CC(C)(C)C(=O)N1CCN(c2ccc(Cl)cc2Cl)C(c2ccc(Br)cc2)C1. The molecule has 0 aliphatic carbocycles. The molecular weight excluding hydrogens is 447 g/mol. The summed E-state index contributed by atoms with van der Waals surface area (Å²) in [5, 5.41) is 1.24. The lowest BCUT2D eigenvalue weighted by molar-refractivity contribution is -0.140. The van der Waals surface area contributed by atoms with Gasteiger partial charge >= 0.3 is 0 Å². The number of piperazine rings is 1. The highest BCUT2D eigenvalue weighted by atomic mass is 79.9. The summed E-state index contributed by atoms with van der Waals surface area (Å²) in [6, 6.07) is 13.9. The van der Waals surface area contributed by atoms with Crippen molar-refractivity contribution in [3.63, 3.8) is 0 Å². The van der Waals surface area contributed by atoms with E-state index >= 15 is 0 Å². The predicted octanol–water partition coefficient (Wildman–Crippen LogP) is 6.19. The van der Waals surface area contributed by atoms with Crippen molar-refractivity contribution in [2.24, 2.45) is 5.41 Å². The average molecular weight is 470 g/mol. The minimum Gasteiger partial charge on any atom is -0.360 e. The van der Waals surface area contributed by atoms with E-state index in [0.29, 0.717) is 29.7 Å². The largest absolute Gasteiger partial charge is 0.360 e. The number of benzene rings is 2. The normalized spacial score (nSPS) is 17.9. The summed E-state index contributed by atoms with van der Waals surface area (Å²) in [5.41, 5.74) is 1.69. The second-order valence-corrected chi connectivity index (χ2v) is 9.62. The molecule has 1 atom stereocenters. The fraction of sp³-hybridized carbons (Fsp3) is 0.381. The van der Waals surface area contributed by atoms with Crippen LogP contribution in [0.1, 0.15) is 32.4 Å². The Labute approximate surface area is 179 Å². The highest BCUT2D eigenvalue weighted by molar-refractivity contribution is 9.10. The van der Waals surface area contributed by atoms with Gasteiger partial charge in [-0.2, -0.15) is 0 Å². The molecule has 2 aromatic rings. The average Bonchev–Trinajstić information content (AvgIpc) is 2.61. The minimum absolute atomic E-state index is 0.0248. The van der Waals surface area contributed by atoms with E-state index in [1.807, 2.05) is 49.9 Å². The molecule has 0 radical (unpaired) electrons. The van der Waals surface area contributed by atoms with Crippen molar-refractivity contribution in [2.75, 3.05) is 24.5 Å². The monoisotopic (exact) mass is 468 g/mol. The molecule has 0 bridgehead atoms. The molecule has 144 valence electrons. The lowest BCUT2D eigenvalue weighted by Crippen LogP contribution is -2.53. The van der Waals surface area contributed by atoms with Crippen molar-refractivity contribution in [1.29, 1.82) is 0 Å². The fourth-order valence-corrected chi connectivity index (χ4v) is 4.20. The van der Waals surface area contributed by atoms with Gasteiger partial charge in [0.15, 0.2) is 0 Å². The van der Waals surface area contributed by atoms with Gasteiger partial charge in [-0.25, -0.2) is 0 Å². The molecular formula is C21H23BrCl2N2O. The van der Waals surface area contributed by atoms with E-state index in [0.717, 1.165) is 15.7 Å². The van der Waals surface area contributed by atoms with E-state index in [1.165, 1.54) is 0 Å². The van der Waals surface area contributed by atoms with Crippen LogP contribution in [-0.4, -0.2) is 30.4 Å². The Balaban J connectivity index is 1.97. The van der Waals surface area contributed by atoms with E-state index in [2.05, 4.69) is 33.0 Å². The molecule has 3 rings (SSSR count). The maximum absolute atomic E-state index is 12.9. The molecule has 27 heavy (non-hydrogen) atoms. The van der Waals surface area contributed by atoms with Crippen LogP contribution >= 0.6 is 39.1 Å². The smallest absolute Gasteiger partial charge is 0.228 e. The Morgan fingerprint density at radius 2 is 1.74 bits per heavy atom. The molecule has 0 aromatic heterocycles. The summed E-state index contributed by atoms with van der Waals surface area (Å²) >= 11 is 16.1. The summed E-state index contributed by atoms with van der Waals surface area (Å²) in [6.45, 7) is 7.90. The van der Waals surface area contributed by atoms with E-state index in [-0.39, 0.29) is 11.9 Å². The zero-order valence-corrected chi connectivity index (χ0v) is 18.8. The third-order valence-electron chi connectivity index (χ3n) is 4.78. The van der Waals surface area contributed by atoms with Crippen LogP contribution in [0.2, 0.25) is 10.0 Å². The minimum atomic E-state index is -0.398. The molecule has 1 saturated heterocycles. The summed E-state index contributed by atoms with van der Waals surface area (Å²) in [4.78, 5) is 17.1. The van der Waals surface area contributed by atoms with Crippen LogP contribution < -0.4 is 4.90 Å². The van der Waals surface area contributed by atoms with Gasteiger partial charge in [-0.15, -0.1) is 0 Å². The van der Waals surface area contributed by atoms with Crippen LogP contribution in [0.5, 0.6) is 0 Å². The van der Waals surface area contributed by atoms with Crippen molar-refractivity contribution < 1.29 is 4.79 Å². The lowest BCUT2D eigenvalue weighted by atomic mass is 9.93. The first-order chi connectivity index (χ1) is 12.7. The van der Waals surface area contributed by atoms with Crippen molar-refractivity contribution in [1.82, 2.24) is 4.90 Å². The predicted molar refractivity (Wildman–Crippen MR) is 117 cm³/mol. The Kier molecular flexibility index (Phi) is 6.09. The number of nitrogens with zero attached hydrogens (tertiary/aromatic N) is 2. The Bertz CT molecular complexity index is 833. The van der Waals surface area contributed by atoms with Gasteiger partial charge in [0.25, 0.3) is 0 Å². The number of anilines is 1. The number of amides is 1. The molecule has 0 N–H and O–H groups in total. The first-order valence-electron chi connectivity index (χ1n) is 8.93. The van der Waals surface area contributed by atoms with Crippen molar-refractivity contribution in [3.05, 3.63) is 62.5 Å². The number of halogens is 3. The quantitative estimate of drug-likeness (QED) is 0.523. The number of carbonyl (C=O) groups excluding carboxylic acids is 1. The third-order valence-corrected chi connectivity index (χ3v) is 5.85. The number of hydrogen-bond acceptors (Lipinski definition) is 2. The second kappa shape index (κ2) is 8.02. The number of rotatable bonds is 2. The van der Waals surface area contributed by atoms with Gasteiger partial charge in [0, 0.05) is 34.5 Å². The van der Waals surface area contributed by atoms with Crippen LogP contribution in [0.25, 0.3) is 0 Å². The van der Waals surface area contributed by atoms with Crippen molar-refractivity contribution in [3.8, 4) is 0 Å². The zero-order valence-electron chi connectivity index (χ0n) is 15.7. The summed E-state index contributed by atoms with van der Waals surface area (Å²) in [5.74, 6) is 0.173. The van der Waals surface area contributed by atoms with Crippen LogP contribution in [-0.2, 0) is 4.79 Å². The number of hydrogen-bond donors (Lipinski definition) is 0. The fourth-order valence-electron chi connectivity index (χ4n) is 3.41. The highest BCUT2D eigenvalue weighted by Gasteiger charge is 2.35.